The third-order valence-electron chi connectivity index (χ3n) is 1.35. The maximum Gasteiger partial charge on any atom is 0.313 e. The van der Waals surface area contributed by atoms with Crippen molar-refractivity contribution in [1.29, 1.82) is 0 Å². The van der Waals surface area contributed by atoms with E-state index in [4.69, 9.17) is 0 Å². The average Bonchev–Trinajstić information content (AvgIpc) is 1.81. The van der Waals surface area contributed by atoms with E-state index in [1.54, 1.807) is 0 Å². The Labute approximate surface area is 49.9 Å². The summed E-state index contributed by atoms with van der Waals surface area (Å²) in [5.41, 5.74) is 0. The molecule has 0 amide bonds. The molecule has 1 radical (unpaired) electrons. The smallest absolute Gasteiger partial charge is 0.200 e. The van der Waals surface area contributed by atoms with Gasteiger partial charge in [-0.3, -0.25) is 0 Å². The van der Waals surface area contributed by atoms with Crippen molar-refractivity contribution in [2.45, 2.75) is 24.7 Å². The molecule has 1 fully saturated rings. The second-order valence-corrected chi connectivity index (χ2v) is 2.07. The molecule has 0 aromatic carbocycles. The van der Waals surface area contributed by atoms with E-state index in [9.17, 15) is 17.6 Å². The molecule has 0 aliphatic heterocycles. The monoisotopic (exact) mass is 141 g/mol. The van der Waals surface area contributed by atoms with Crippen molar-refractivity contribution in [3.63, 3.8) is 0 Å². The van der Waals surface area contributed by atoms with Gasteiger partial charge in [0.2, 0.25) is 0 Å². The molecule has 0 unspecified atom stereocenters. The van der Waals surface area contributed by atoms with Crippen LogP contribution in [0, 0.1) is 6.42 Å². The maximum absolute atomic E-state index is 11.9. The number of halogens is 4. The Balaban J connectivity index is 2.75. The van der Waals surface area contributed by atoms with E-state index in [1.165, 1.54) is 0 Å². The van der Waals surface area contributed by atoms with Gasteiger partial charge < -0.3 is 0 Å². The fourth-order valence-electron chi connectivity index (χ4n) is 0.751. The van der Waals surface area contributed by atoms with E-state index in [2.05, 4.69) is 0 Å². The van der Waals surface area contributed by atoms with E-state index < -0.39 is 18.3 Å². The van der Waals surface area contributed by atoms with Gasteiger partial charge >= 0.3 is 11.8 Å². The van der Waals surface area contributed by atoms with Gasteiger partial charge in [-0.25, -0.2) is 0 Å². The van der Waals surface area contributed by atoms with E-state index in [-0.39, 0.29) is 6.42 Å². The van der Waals surface area contributed by atoms with E-state index in [0.717, 1.165) is 0 Å². The molecule has 1 aliphatic rings. The maximum atomic E-state index is 11.9. The summed E-state index contributed by atoms with van der Waals surface area (Å²) in [5.74, 6) is -7.67. The van der Waals surface area contributed by atoms with Crippen LogP contribution in [0.25, 0.3) is 0 Å². The van der Waals surface area contributed by atoms with Crippen LogP contribution in [0.4, 0.5) is 17.6 Å². The second-order valence-electron chi connectivity index (χ2n) is 2.07. The standard InChI is InChI=1S/C5H5F4/c6-4(7)2-1-3-5(4,8)9/h2H,1,3H2. The average molecular weight is 141 g/mol. The van der Waals surface area contributed by atoms with Gasteiger partial charge in [-0.1, -0.05) is 0 Å². The Bertz CT molecular complexity index is 104. The van der Waals surface area contributed by atoms with Gasteiger partial charge in [0.15, 0.2) is 0 Å². The molecule has 0 saturated heterocycles. The zero-order chi connectivity index (χ0) is 7.12. The van der Waals surface area contributed by atoms with Gasteiger partial charge in [0.25, 0.3) is 0 Å². The predicted molar refractivity (Wildman–Crippen MR) is 23.4 cm³/mol. The van der Waals surface area contributed by atoms with Crippen molar-refractivity contribution in [2.24, 2.45) is 0 Å². The minimum atomic E-state index is -3.87. The summed E-state index contributed by atoms with van der Waals surface area (Å²) in [6.45, 7) is 0. The first-order valence-electron chi connectivity index (χ1n) is 2.56. The number of rotatable bonds is 0. The number of alkyl halides is 4. The molecule has 0 N–H and O–H groups in total. The van der Waals surface area contributed by atoms with Gasteiger partial charge in [0.1, 0.15) is 0 Å². The molecule has 1 rings (SSSR count). The number of hydrogen-bond acceptors (Lipinski definition) is 0. The minimum absolute atomic E-state index is 0.194. The van der Waals surface area contributed by atoms with Gasteiger partial charge in [-0.05, 0) is 6.42 Å². The molecular formula is C5H5F4. The van der Waals surface area contributed by atoms with Crippen LogP contribution in [0.3, 0.4) is 0 Å². The van der Waals surface area contributed by atoms with Crippen LogP contribution in [0.1, 0.15) is 12.8 Å². The van der Waals surface area contributed by atoms with Crippen LogP contribution in [0.2, 0.25) is 0 Å². The lowest BCUT2D eigenvalue weighted by atomic mass is 10.2. The Morgan fingerprint density at radius 2 is 1.67 bits per heavy atom. The van der Waals surface area contributed by atoms with E-state index >= 15 is 0 Å². The lowest BCUT2D eigenvalue weighted by molar-refractivity contribution is -0.169. The molecule has 0 bridgehead atoms. The topological polar surface area (TPSA) is 0 Å². The Hall–Kier alpha value is -0.280. The lowest BCUT2D eigenvalue weighted by Gasteiger charge is -2.16. The zero-order valence-corrected chi connectivity index (χ0v) is 4.50. The summed E-state index contributed by atoms with van der Waals surface area (Å²) in [5, 5.41) is 0. The predicted octanol–water partition coefficient (Wildman–Crippen LogP) is 2.26. The molecular weight excluding hydrogens is 136 g/mol. The van der Waals surface area contributed by atoms with Crippen LogP contribution in [-0.2, 0) is 0 Å². The molecule has 1 saturated carbocycles. The van der Waals surface area contributed by atoms with Crippen molar-refractivity contribution in [3.05, 3.63) is 6.42 Å². The van der Waals surface area contributed by atoms with Crippen LogP contribution in [0.15, 0.2) is 0 Å². The van der Waals surface area contributed by atoms with E-state index in [1.807, 2.05) is 0 Å². The van der Waals surface area contributed by atoms with Gasteiger partial charge in [0.05, 0.1) is 0 Å². The number of hydrogen-bond donors (Lipinski definition) is 0. The summed E-state index contributed by atoms with van der Waals surface area (Å²) in [4.78, 5) is 0. The van der Waals surface area contributed by atoms with E-state index in [0.29, 0.717) is 6.42 Å². The first-order valence-corrected chi connectivity index (χ1v) is 2.56. The van der Waals surface area contributed by atoms with Gasteiger partial charge in [-0.15, -0.1) is 0 Å². The molecule has 0 heterocycles. The first kappa shape index (κ1) is 6.83. The Morgan fingerprint density at radius 3 is 1.78 bits per heavy atom. The Kier molecular flexibility index (Phi) is 1.22. The Morgan fingerprint density at radius 1 is 1.11 bits per heavy atom. The van der Waals surface area contributed by atoms with Crippen LogP contribution >= 0.6 is 0 Å². The highest BCUT2D eigenvalue weighted by Crippen LogP contribution is 2.46. The molecule has 0 aromatic heterocycles. The van der Waals surface area contributed by atoms with Gasteiger partial charge in [0, 0.05) is 12.8 Å². The lowest BCUT2D eigenvalue weighted by Crippen LogP contribution is -2.34. The van der Waals surface area contributed by atoms with Crippen molar-refractivity contribution in [2.75, 3.05) is 0 Å². The third-order valence-corrected chi connectivity index (χ3v) is 1.35. The molecule has 9 heavy (non-hydrogen) atoms. The minimum Gasteiger partial charge on any atom is -0.200 e. The summed E-state index contributed by atoms with van der Waals surface area (Å²) < 4.78 is 47.7. The summed E-state index contributed by atoms with van der Waals surface area (Å²) in [6, 6.07) is 0. The first-order chi connectivity index (χ1) is 3.96. The highest BCUT2D eigenvalue weighted by molar-refractivity contribution is 5.03. The molecule has 4 heteroatoms. The van der Waals surface area contributed by atoms with Crippen LogP contribution < -0.4 is 0 Å². The zero-order valence-electron chi connectivity index (χ0n) is 4.50. The summed E-state index contributed by atoms with van der Waals surface area (Å²) >= 11 is 0. The summed E-state index contributed by atoms with van der Waals surface area (Å²) in [6.07, 6.45) is -0.549. The molecule has 0 spiro atoms. The van der Waals surface area contributed by atoms with Crippen molar-refractivity contribution in [3.8, 4) is 0 Å². The highest BCUT2D eigenvalue weighted by atomic mass is 19.3. The van der Waals surface area contributed by atoms with Gasteiger partial charge in [-0.2, -0.15) is 17.6 Å². The fourth-order valence-corrected chi connectivity index (χ4v) is 0.751. The van der Waals surface area contributed by atoms with Crippen molar-refractivity contribution in [1.82, 2.24) is 0 Å². The third kappa shape index (κ3) is 0.904. The highest BCUT2D eigenvalue weighted by Gasteiger charge is 2.59. The normalized spacial score (nSPS) is 30.7. The molecule has 1 aliphatic carbocycles. The molecule has 53 valence electrons. The molecule has 0 aromatic rings. The quantitative estimate of drug-likeness (QED) is 0.454. The van der Waals surface area contributed by atoms with Crippen molar-refractivity contribution >= 4 is 0 Å². The SMILES string of the molecule is FC1(F)[CH]CCC1(F)F. The van der Waals surface area contributed by atoms with Crippen molar-refractivity contribution < 1.29 is 17.6 Å². The molecule has 0 nitrogen and oxygen atoms in total. The fraction of sp³-hybridized carbons (Fsp3) is 0.800. The van der Waals surface area contributed by atoms with Crippen LogP contribution in [0.5, 0.6) is 0 Å². The second kappa shape index (κ2) is 1.61. The van der Waals surface area contributed by atoms with Crippen LogP contribution in [-0.4, -0.2) is 11.8 Å². The molecule has 0 atom stereocenters. The largest absolute Gasteiger partial charge is 0.313 e. The summed E-state index contributed by atoms with van der Waals surface area (Å²) in [7, 11) is 0.